The monoisotopic (exact) mass is 442 g/mol. The van der Waals surface area contributed by atoms with Crippen molar-refractivity contribution in [2.24, 2.45) is 0 Å². The van der Waals surface area contributed by atoms with Crippen molar-refractivity contribution in [3.05, 3.63) is 95.1 Å². The van der Waals surface area contributed by atoms with Gasteiger partial charge in [-0.05, 0) is 49.2 Å². The van der Waals surface area contributed by atoms with Crippen LogP contribution in [0.5, 0.6) is 0 Å². The van der Waals surface area contributed by atoms with Crippen LogP contribution < -0.4 is 10.8 Å². The van der Waals surface area contributed by atoms with Gasteiger partial charge in [0.15, 0.2) is 5.82 Å². The molecular formula is C25H23FN6O. The predicted molar refractivity (Wildman–Crippen MR) is 122 cm³/mol. The summed E-state index contributed by atoms with van der Waals surface area (Å²) in [5.41, 5.74) is 5.61. The van der Waals surface area contributed by atoms with Gasteiger partial charge in [0, 0.05) is 23.5 Å². The molecule has 0 spiro atoms. The lowest BCUT2D eigenvalue weighted by molar-refractivity contribution is 0.0624. The molecule has 1 aliphatic heterocycles. The van der Waals surface area contributed by atoms with Crippen LogP contribution in [0.3, 0.4) is 0 Å². The summed E-state index contributed by atoms with van der Waals surface area (Å²) >= 11 is 0. The van der Waals surface area contributed by atoms with Crippen LogP contribution in [0.15, 0.2) is 66.7 Å². The predicted octanol–water partition coefficient (Wildman–Crippen LogP) is 4.43. The molecule has 4 aromatic rings. The van der Waals surface area contributed by atoms with E-state index in [4.69, 9.17) is 5.41 Å². The van der Waals surface area contributed by atoms with E-state index in [2.05, 4.69) is 9.97 Å². The van der Waals surface area contributed by atoms with Crippen LogP contribution in [-0.2, 0) is 13.2 Å². The second kappa shape index (κ2) is 8.23. The number of aryl methyl sites for hydroxylation is 2. The van der Waals surface area contributed by atoms with E-state index in [0.29, 0.717) is 18.1 Å². The molecule has 33 heavy (non-hydrogen) atoms. The van der Waals surface area contributed by atoms with Gasteiger partial charge in [-0.25, -0.2) is 9.37 Å². The van der Waals surface area contributed by atoms with Crippen molar-refractivity contribution in [1.29, 1.82) is 5.41 Å². The van der Waals surface area contributed by atoms with E-state index in [9.17, 15) is 9.60 Å². The van der Waals surface area contributed by atoms with Crippen molar-refractivity contribution < 1.29 is 9.60 Å². The van der Waals surface area contributed by atoms with Crippen molar-refractivity contribution in [3.63, 3.8) is 0 Å². The Hall–Kier alpha value is -3.88. The molecule has 7 nitrogen and oxygen atoms in total. The van der Waals surface area contributed by atoms with Gasteiger partial charge in [0.25, 0.3) is 0 Å². The number of nitrogens with zero attached hydrogens (tertiary/aromatic N) is 5. The van der Waals surface area contributed by atoms with E-state index in [1.54, 1.807) is 21.7 Å². The van der Waals surface area contributed by atoms with E-state index < -0.39 is 0 Å². The molecule has 0 saturated heterocycles. The van der Waals surface area contributed by atoms with Crippen molar-refractivity contribution in [2.45, 2.75) is 27.1 Å². The first-order valence-electron chi connectivity index (χ1n) is 10.6. The highest BCUT2D eigenvalue weighted by molar-refractivity contribution is 5.88. The molecule has 2 aromatic carbocycles. The number of halogens is 1. The zero-order chi connectivity index (χ0) is 23.1. The zero-order valence-electron chi connectivity index (χ0n) is 18.3. The first-order valence-corrected chi connectivity index (χ1v) is 10.6. The number of aromatic nitrogens is 3. The maximum Gasteiger partial charge on any atom is 0.225 e. The Morgan fingerprint density at radius 2 is 1.61 bits per heavy atom. The highest BCUT2D eigenvalue weighted by Gasteiger charge is 2.32. The normalized spacial score (nSPS) is 13.4. The number of hydrazine groups is 1. The third kappa shape index (κ3) is 3.90. The Balaban J connectivity index is 1.69. The SMILES string of the molecule is Cc1cc(-c2c(-c3ccccc3)nc(=N)n3c2N(O)N(Cc2ccc(F)cc2)C3)cc(C)n1. The van der Waals surface area contributed by atoms with Gasteiger partial charge in [-0.15, -0.1) is 0 Å². The third-order valence-electron chi connectivity index (χ3n) is 5.65. The average molecular weight is 442 g/mol. The number of nitrogens with one attached hydrogen (secondary N) is 1. The fourth-order valence-electron chi connectivity index (χ4n) is 4.23. The van der Waals surface area contributed by atoms with Crippen molar-refractivity contribution in [2.75, 3.05) is 5.17 Å². The average Bonchev–Trinajstić information content (AvgIpc) is 3.12. The number of pyridine rings is 1. The molecule has 5 rings (SSSR count). The number of hydrogen-bond donors (Lipinski definition) is 2. The maximum atomic E-state index is 13.3. The van der Waals surface area contributed by atoms with Crippen LogP contribution in [0, 0.1) is 25.1 Å². The smallest absolute Gasteiger partial charge is 0.225 e. The third-order valence-corrected chi connectivity index (χ3v) is 5.65. The summed E-state index contributed by atoms with van der Waals surface area (Å²) in [7, 11) is 0. The van der Waals surface area contributed by atoms with E-state index in [1.807, 2.05) is 56.3 Å². The maximum absolute atomic E-state index is 13.3. The largest absolute Gasteiger partial charge is 0.278 e. The summed E-state index contributed by atoms with van der Waals surface area (Å²) < 4.78 is 15.0. The molecule has 0 unspecified atom stereocenters. The van der Waals surface area contributed by atoms with E-state index in [-0.39, 0.29) is 18.1 Å². The lowest BCUT2D eigenvalue weighted by Crippen LogP contribution is -2.34. The number of benzene rings is 2. The van der Waals surface area contributed by atoms with Gasteiger partial charge in [-0.1, -0.05) is 42.5 Å². The molecule has 2 N–H and O–H groups in total. The minimum absolute atomic E-state index is 0.0377. The number of rotatable bonds is 4. The van der Waals surface area contributed by atoms with E-state index in [1.165, 1.54) is 12.1 Å². The molecule has 8 heteroatoms. The lowest BCUT2D eigenvalue weighted by Gasteiger charge is -2.24. The quantitative estimate of drug-likeness (QED) is 0.489. The fourth-order valence-corrected chi connectivity index (χ4v) is 4.23. The Bertz CT molecular complexity index is 1360. The Morgan fingerprint density at radius 1 is 0.939 bits per heavy atom. The van der Waals surface area contributed by atoms with Crippen molar-refractivity contribution in [3.8, 4) is 22.4 Å². The minimum Gasteiger partial charge on any atom is -0.278 e. The summed E-state index contributed by atoms with van der Waals surface area (Å²) in [4.78, 5) is 9.12. The molecule has 1 aliphatic rings. The molecule has 3 heterocycles. The van der Waals surface area contributed by atoms with Crippen molar-refractivity contribution in [1.82, 2.24) is 19.5 Å². The molecule has 0 saturated carbocycles. The molecule has 0 radical (unpaired) electrons. The fraction of sp³-hybridized carbons (Fsp3) is 0.160. The number of anilines is 1. The molecule has 2 aromatic heterocycles. The van der Waals surface area contributed by atoms with E-state index in [0.717, 1.165) is 38.8 Å². The number of fused-ring (bicyclic) bond motifs is 1. The molecule has 0 bridgehead atoms. The minimum atomic E-state index is -0.311. The molecule has 166 valence electrons. The van der Waals surface area contributed by atoms with Crippen LogP contribution in [0.1, 0.15) is 17.0 Å². The Kier molecular flexibility index (Phi) is 5.24. The summed E-state index contributed by atoms with van der Waals surface area (Å²) in [5.74, 6) is 0.149. The van der Waals surface area contributed by atoms with Crippen LogP contribution in [0.25, 0.3) is 22.4 Å². The van der Waals surface area contributed by atoms with Crippen molar-refractivity contribution >= 4 is 5.82 Å². The van der Waals surface area contributed by atoms with Gasteiger partial charge in [-0.2, -0.15) is 10.2 Å². The number of hydrogen-bond acceptors (Lipinski definition) is 6. The summed E-state index contributed by atoms with van der Waals surface area (Å²) in [6.45, 7) is 4.43. The second-order valence-corrected chi connectivity index (χ2v) is 8.14. The van der Waals surface area contributed by atoms with E-state index >= 15 is 0 Å². The summed E-state index contributed by atoms with van der Waals surface area (Å²) in [6.07, 6.45) is 0. The molecule has 0 amide bonds. The molecule has 0 fully saturated rings. The molecule has 0 atom stereocenters. The van der Waals surface area contributed by atoms with Crippen LogP contribution in [-0.4, -0.2) is 24.8 Å². The molecular weight excluding hydrogens is 419 g/mol. The van der Waals surface area contributed by atoms with Gasteiger partial charge in [-0.3, -0.25) is 20.2 Å². The lowest BCUT2D eigenvalue weighted by atomic mass is 9.99. The highest BCUT2D eigenvalue weighted by atomic mass is 19.1. The van der Waals surface area contributed by atoms with Gasteiger partial charge in [0.1, 0.15) is 12.5 Å². The standard InChI is InChI=1S/C25H23FN6O/c1-16-12-20(13-17(2)28-16)22-23(19-6-4-3-5-7-19)29-25(27)31-15-30(32(33)24(22)31)14-18-8-10-21(26)11-9-18/h3-13,27,33H,14-15H2,1-2H3. The summed E-state index contributed by atoms with van der Waals surface area (Å²) in [6, 6.07) is 19.7. The summed E-state index contributed by atoms with van der Waals surface area (Å²) in [5, 5.41) is 22.6. The van der Waals surface area contributed by atoms with Gasteiger partial charge in [0.2, 0.25) is 5.62 Å². The van der Waals surface area contributed by atoms with Crippen LogP contribution in [0.4, 0.5) is 10.2 Å². The second-order valence-electron chi connectivity index (χ2n) is 8.14. The van der Waals surface area contributed by atoms with Gasteiger partial charge >= 0.3 is 0 Å². The first-order chi connectivity index (χ1) is 15.9. The van der Waals surface area contributed by atoms with Gasteiger partial charge in [0.05, 0.1) is 11.3 Å². The van der Waals surface area contributed by atoms with Gasteiger partial charge < -0.3 is 0 Å². The Morgan fingerprint density at radius 3 is 2.27 bits per heavy atom. The topological polar surface area (TPSA) is 81.3 Å². The zero-order valence-corrected chi connectivity index (χ0v) is 18.3. The Labute approximate surface area is 190 Å². The first kappa shape index (κ1) is 21.0. The van der Waals surface area contributed by atoms with Crippen LogP contribution in [0.2, 0.25) is 0 Å². The highest BCUT2D eigenvalue weighted by Crippen LogP contribution is 2.40. The molecule has 0 aliphatic carbocycles. The van der Waals surface area contributed by atoms with Crippen LogP contribution >= 0.6 is 0 Å².